The van der Waals surface area contributed by atoms with Crippen molar-refractivity contribution in [2.75, 3.05) is 0 Å². The molecule has 0 aliphatic heterocycles. The Balaban J connectivity index is 1.69. The van der Waals surface area contributed by atoms with Crippen LogP contribution in [0.1, 0.15) is 31.5 Å². The molecule has 1 aromatic carbocycles. The highest BCUT2D eigenvalue weighted by Crippen LogP contribution is 2.22. The smallest absolute Gasteiger partial charge is 0.350 e. The zero-order chi connectivity index (χ0) is 19.6. The van der Waals surface area contributed by atoms with Gasteiger partial charge in [-0.2, -0.15) is 9.61 Å². The topological polar surface area (TPSA) is 82.8 Å². The average molecular weight is 408 g/mol. The summed E-state index contributed by atoms with van der Waals surface area (Å²) < 4.78 is 12.3. The number of rotatable bonds is 6. The molecule has 2 aromatic heterocycles. The molecule has 0 bridgehead atoms. The summed E-state index contributed by atoms with van der Waals surface area (Å²) in [7, 11) is 0. The van der Waals surface area contributed by atoms with Crippen LogP contribution in [0.25, 0.3) is 4.96 Å². The lowest BCUT2D eigenvalue weighted by Crippen LogP contribution is -2.39. The Bertz CT molecular complexity index is 1030. The van der Waals surface area contributed by atoms with Crippen molar-refractivity contribution in [3.8, 4) is 5.75 Å². The zero-order valence-corrected chi connectivity index (χ0v) is 16.6. The number of fused-ring (bicyclic) bond motifs is 1. The highest BCUT2D eigenvalue weighted by Gasteiger charge is 2.32. The van der Waals surface area contributed by atoms with Gasteiger partial charge < -0.3 is 9.47 Å². The SMILES string of the molecule is CCc1nn2c(=O)cc(COC(=O)C(C)(C)Oc3ccc(Cl)cc3)nc2s1. The van der Waals surface area contributed by atoms with E-state index in [-0.39, 0.29) is 12.2 Å². The summed E-state index contributed by atoms with van der Waals surface area (Å²) in [6.45, 7) is 5.03. The van der Waals surface area contributed by atoms with Gasteiger partial charge in [-0.25, -0.2) is 9.78 Å². The molecule has 3 rings (SSSR count). The summed E-state index contributed by atoms with van der Waals surface area (Å²) in [5.41, 5.74) is -1.16. The second-order valence-corrected chi connectivity index (χ2v) is 7.75. The van der Waals surface area contributed by atoms with Gasteiger partial charge in [-0.05, 0) is 44.5 Å². The summed E-state index contributed by atoms with van der Waals surface area (Å²) in [5.74, 6) is -0.0751. The number of benzene rings is 1. The van der Waals surface area contributed by atoms with Crippen LogP contribution in [0, 0.1) is 0 Å². The third-order valence-corrected chi connectivity index (χ3v) is 4.98. The summed E-state index contributed by atoms with van der Waals surface area (Å²) in [6.07, 6.45) is 0.716. The van der Waals surface area contributed by atoms with Crippen LogP contribution in [-0.2, 0) is 22.6 Å². The van der Waals surface area contributed by atoms with Crippen molar-refractivity contribution in [2.45, 2.75) is 39.4 Å². The monoisotopic (exact) mass is 407 g/mol. The Labute approximate surface area is 164 Å². The molecule has 2 heterocycles. The molecule has 0 amide bonds. The van der Waals surface area contributed by atoms with E-state index in [0.29, 0.717) is 27.8 Å². The van der Waals surface area contributed by atoms with E-state index in [2.05, 4.69) is 10.1 Å². The van der Waals surface area contributed by atoms with Gasteiger partial charge >= 0.3 is 5.97 Å². The predicted molar refractivity (Wildman–Crippen MR) is 102 cm³/mol. The van der Waals surface area contributed by atoms with Gasteiger partial charge in [-0.3, -0.25) is 4.79 Å². The van der Waals surface area contributed by atoms with Crippen molar-refractivity contribution in [2.24, 2.45) is 0 Å². The van der Waals surface area contributed by atoms with Crippen LogP contribution >= 0.6 is 22.9 Å². The highest BCUT2D eigenvalue weighted by molar-refractivity contribution is 7.16. The quantitative estimate of drug-likeness (QED) is 0.583. The van der Waals surface area contributed by atoms with Crippen molar-refractivity contribution in [3.63, 3.8) is 0 Å². The summed E-state index contributed by atoms with van der Waals surface area (Å²) in [5, 5.41) is 5.57. The molecule has 0 aliphatic rings. The fourth-order valence-corrected chi connectivity index (χ4v) is 3.25. The van der Waals surface area contributed by atoms with Gasteiger partial charge in [0, 0.05) is 11.1 Å². The van der Waals surface area contributed by atoms with E-state index in [4.69, 9.17) is 21.1 Å². The summed E-state index contributed by atoms with van der Waals surface area (Å²) in [4.78, 5) is 29.4. The number of hydrogen-bond donors (Lipinski definition) is 0. The molecule has 9 heteroatoms. The number of esters is 1. The van der Waals surface area contributed by atoms with Gasteiger partial charge in [-0.15, -0.1) is 0 Å². The normalized spacial score (nSPS) is 11.6. The number of carbonyl (C=O) groups excluding carboxylic acids is 1. The lowest BCUT2D eigenvalue weighted by Gasteiger charge is -2.24. The first-order chi connectivity index (χ1) is 12.8. The molecule has 142 valence electrons. The van der Waals surface area contributed by atoms with E-state index in [9.17, 15) is 9.59 Å². The lowest BCUT2D eigenvalue weighted by atomic mass is 10.1. The molecule has 0 aliphatic carbocycles. The standard InChI is InChI=1S/C18H18ClN3O4S/c1-4-14-21-22-15(23)9-12(20-17(22)27-14)10-25-16(24)18(2,3)26-13-7-5-11(19)6-8-13/h5-9H,4,10H2,1-3H3. The van der Waals surface area contributed by atoms with E-state index in [0.717, 1.165) is 5.01 Å². The van der Waals surface area contributed by atoms with Gasteiger partial charge in [0.25, 0.3) is 5.56 Å². The fourth-order valence-electron chi connectivity index (χ4n) is 2.26. The van der Waals surface area contributed by atoms with E-state index in [1.54, 1.807) is 38.1 Å². The van der Waals surface area contributed by atoms with E-state index in [1.165, 1.54) is 21.9 Å². The second kappa shape index (κ2) is 7.66. The predicted octanol–water partition coefficient (Wildman–Crippen LogP) is 3.27. The zero-order valence-electron chi connectivity index (χ0n) is 15.1. The molecule has 0 spiro atoms. The fraction of sp³-hybridized carbons (Fsp3) is 0.333. The molecule has 7 nitrogen and oxygen atoms in total. The maximum atomic E-state index is 12.4. The molecule has 0 fully saturated rings. The number of hydrogen-bond acceptors (Lipinski definition) is 7. The molecule has 27 heavy (non-hydrogen) atoms. The third-order valence-electron chi connectivity index (χ3n) is 3.67. The van der Waals surface area contributed by atoms with Crippen molar-refractivity contribution in [1.82, 2.24) is 14.6 Å². The van der Waals surface area contributed by atoms with Gasteiger partial charge in [-0.1, -0.05) is 29.9 Å². The second-order valence-electron chi connectivity index (χ2n) is 6.27. The highest BCUT2D eigenvalue weighted by atomic mass is 35.5. The third kappa shape index (κ3) is 4.45. The van der Waals surface area contributed by atoms with Crippen LogP contribution in [0.2, 0.25) is 5.02 Å². The van der Waals surface area contributed by atoms with E-state index >= 15 is 0 Å². The summed E-state index contributed by atoms with van der Waals surface area (Å²) in [6, 6.07) is 7.99. The molecule has 0 saturated carbocycles. The van der Waals surface area contributed by atoms with Gasteiger partial charge in [0.05, 0.1) is 5.69 Å². The Hall–Kier alpha value is -2.45. The number of carbonyl (C=O) groups is 1. The molecule has 0 N–H and O–H groups in total. The minimum absolute atomic E-state index is 0.128. The van der Waals surface area contributed by atoms with Crippen LogP contribution in [0.5, 0.6) is 5.75 Å². The minimum Gasteiger partial charge on any atom is -0.476 e. The number of aryl methyl sites for hydroxylation is 1. The first-order valence-electron chi connectivity index (χ1n) is 8.29. The Kier molecular flexibility index (Phi) is 5.48. The van der Waals surface area contributed by atoms with Crippen molar-refractivity contribution >= 4 is 33.9 Å². The first kappa shape index (κ1) is 19.3. The van der Waals surface area contributed by atoms with E-state index in [1.807, 2.05) is 6.92 Å². The number of aromatic nitrogens is 3. The molecule has 0 atom stereocenters. The van der Waals surface area contributed by atoms with Crippen molar-refractivity contribution in [3.05, 3.63) is 56.4 Å². The molecule has 0 unspecified atom stereocenters. The van der Waals surface area contributed by atoms with Crippen LogP contribution in [0.4, 0.5) is 0 Å². The summed E-state index contributed by atoms with van der Waals surface area (Å²) >= 11 is 7.18. The van der Waals surface area contributed by atoms with Crippen molar-refractivity contribution in [1.29, 1.82) is 0 Å². The minimum atomic E-state index is -1.22. The van der Waals surface area contributed by atoms with Gasteiger partial charge in [0.2, 0.25) is 4.96 Å². The maximum absolute atomic E-state index is 12.4. The molecule has 0 radical (unpaired) electrons. The van der Waals surface area contributed by atoms with Crippen LogP contribution in [-0.4, -0.2) is 26.2 Å². The lowest BCUT2D eigenvalue weighted by molar-refractivity contribution is -0.160. The molecular weight excluding hydrogens is 390 g/mol. The van der Waals surface area contributed by atoms with Crippen LogP contribution in [0.3, 0.4) is 0 Å². The van der Waals surface area contributed by atoms with Gasteiger partial charge in [0.15, 0.2) is 5.60 Å². The largest absolute Gasteiger partial charge is 0.476 e. The molecule has 3 aromatic rings. The Morgan fingerprint density at radius 3 is 2.67 bits per heavy atom. The Morgan fingerprint density at radius 1 is 1.30 bits per heavy atom. The molecular formula is C18H18ClN3O4S. The van der Waals surface area contributed by atoms with Crippen LogP contribution in [0.15, 0.2) is 35.1 Å². The first-order valence-corrected chi connectivity index (χ1v) is 9.48. The Morgan fingerprint density at radius 2 is 2.00 bits per heavy atom. The van der Waals surface area contributed by atoms with E-state index < -0.39 is 11.6 Å². The van der Waals surface area contributed by atoms with Gasteiger partial charge in [0.1, 0.15) is 17.4 Å². The average Bonchev–Trinajstić information content (AvgIpc) is 3.05. The van der Waals surface area contributed by atoms with Crippen molar-refractivity contribution < 1.29 is 14.3 Å². The van der Waals surface area contributed by atoms with Crippen LogP contribution < -0.4 is 10.3 Å². The molecule has 0 saturated heterocycles. The number of halogens is 1. The number of nitrogens with zero attached hydrogens (tertiary/aromatic N) is 3. The maximum Gasteiger partial charge on any atom is 0.350 e. The number of ether oxygens (including phenoxy) is 2.